The summed E-state index contributed by atoms with van der Waals surface area (Å²) in [5.74, 6) is -0.0337. The Labute approximate surface area is 124 Å². The van der Waals surface area contributed by atoms with Crippen molar-refractivity contribution >= 4 is 20.7 Å². The maximum atomic E-state index is 12.1. The van der Waals surface area contributed by atoms with E-state index in [0.717, 1.165) is 23.7 Å². The number of rotatable bonds is 4. The molecule has 0 saturated carbocycles. The minimum atomic E-state index is -3.29. The average Bonchev–Trinajstić information content (AvgIpc) is 2.98. The van der Waals surface area contributed by atoms with Gasteiger partial charge in [-0.15, -0.1) is 0 Å². The molecule has 2 aromatic rings. The van der Waals surface area contributed by atoms with E-state index in [1.165, 1.54) is 5.41 Å². The minimum absolute atomic E-state index is 0.0337. The number of hydrogen-bond acceptors (Lipinski definition) is 4. The van der Waals surface area contributed by atoms with Gasteiger partial charge in [-0.2, -0.15) is 0 Å². The average molecular weight is 303 g/mol. The molecule has 110 valence electrons. The first kappa shape index (κ1) is 14.2. The van der Waals surface area contributed by atoms with Crippen molar-refractivity contribution < 1.29 is 13.2 Å². The van der Waals surface area contributed by atoms with Gasteiger partial charge in [-0.1, -0.05) is 18.2 Å². The van der Waals surface area contributed by atoms with Crippen LogP contribution in [0.4, 0.5) is 0 Å². The summed E-state index contributed by atoms with van der Waals surface area (Å²) in [6, 6.07) is 9.54. The Kier molecular flexibility index (Phi) is 4.03. The molecule has 1 unspecified atom stereocenters. The summed E-state index contributed by atoms with van der Waals surface area (Å²) in [6.07, 6.45) is 5.10. The van der Waals surface area contributed by atoms with E-state index in [0.29, 0.717) is 12.2 Å². The van der Waals surface area contributed by atoms with Gasteiger partial charge < -0.3 is 4.74 Å². The quantitative estimate of drug-likeness (QED) is 0.871. The predicted octanol–water partition coefficient (Wildman–Crippen LogP) is 2.84. The number of para-hydroxylation sites is 1. The van der Waals surface area contributed by atoms with Gasteiger partial charge >= 0.3 is 0 Å². The summed E-state index contributed by atoms with van der Waals surface area (Å²) < 4.78 is 29.6. The van der Waals surface area contributed by atoms with Gasteiger partial charge in [0.2, 0.25) is 0 Å². The molecule has 1 aromatic carbocycles. The summed E-state index contributed by atoms with van der Waals surface area (Å²) in [6.45, 7) is 0.712. The van der Waals surface area contributed by atoms with Crippen LogP contribution in [0.25, 0.3) is 10.9 Å². The van der Waals surface area contributed by atoms with Crippen LogP contribution in [0.1, 0.15) is 18.4 Å². The lowest BCUT2D eigenvalue weighted by Crippen LogP contribution is -2.04. The summed E-state index contributed by atoms with van der Waals surface area (Å²) in [4.78, 5) is 4.29. The van der Waals surface area contributed by atoms with Gasteiger partial charge in [0.1, 0.15) is 0 Å². The topological polar surface area (TPSA) is 56.3 Å². The van der Waals surface area contributed by atoms with Gasteiger partial charge in [0, 0.05) is 23.6 Å². The van der Waals surface area contributed by atoms with Crippen LogP contribution in [0.2, 0.25) is 0 Å². The summed E-state index contributed by atoms with van der Waals surface area (Å²) >= 11 is 0. The predicted molar refractivity (Wildman–Crippen MR) is 82.5 cm³/mol. The molecule has 2 heterocycles. The second-order valence-corrected chi connectivity index (χ2v) is 7.11. The number of sulfone groups is 1. The van der Waals surface area contributed by atoms with Crippen molar-refractivity contribution in [2.45, 2.75) is 24.7 Å². The first-order valence-corrected chi connectivity index (χ1v) is 8.70. The van der Waals surface area contributed by atoms with E-state index in [2.05, 4.69) is 4.98 Å². The number of hydrogen-bond donors (Lipinski definition) is 0. The molecule has 21 heavy (non-hydrogen) atoms. The molecule has 0 amide bonds. The van der Waals surface area contributed by atoms with E-state index in [1.807, 2.05) is 30.3 Å². The highest BCUT2D eigenvalue weighted by Crippen LogP contribution is 2.17. The standard InChI is InChI=1S/C16H17NO3S/c18-21(19,9-7-15-5-3-8-20-15)12-13-10-14-4-1-2-6-16(14)17-11-13/h1-2,4,6-7,9-11,15H,3,5,8,12H2/b9-7-. The number of fused-ring (bicyclic) bond motifs is 1. The molecule has 5 heteroatoms. The van der Waals surface area contributed by atoms with E-state index in [-0.39, 0.29) is 11.9 Å². The van der Waals surface area contributed by atoms with Crippen LogP contribution in [0.15, 0.2) is 48.0 Å². The Morgan fingerprint density at radius 2 is 2.19 bits per heavy atom. The lowest BCUT2D eigenvalue weighted by molar-refractivity contribution is 0.145. The van der Waals surface area contributed by atoms with Gasteiger partial charge in [0.05, 0.1) is 17.4 Å². The van der Waals surface area contributed by atoms with Gasteiger partial charge in [0.25, 0.3) is 0 Å². The number of pyridine rings is 1. The molecule has 1 atom stereocenters. The molecule has 3 rings (SSSR count). The molecular weight excluding hydrogens is 286 g/mol. The van der Waals surface area contributed by atoms with Gasteiger partial charge in [-0.05, 0) is 36.6 Å². The Bertz CT molecular complexity index is 762. The van der Waals surface area contributed by atoms with Crippen LogP contribution in [-0.2, 0) is 20.3 Å². The molecule has 0 N–H and O–H groups in total. The first-order valence-electron chi connectivity index (χ1n) is 6.99. The van der Waals surface area contributed by atoms with Gasteiger partial charge in [-0.25, -0.2) is 8.42 Å². The van der Waals surface area contributed by atoms with Crippen LogP contribution in [-0.4, -0.2) is 26.1 Å². The Hall–Kier alpha value is -1.72. The molecule has 0 aliphatic carbocycles. The third-order valence-electron chi connectivity index (χ3n) is 3.48. The molecule has 1 aromatic heterocycles. The fourth-order valence-electron chi connectivity index (χ4n) is 2.44. The fourth-order valence-corrected chi connectivity index (χ4v) is 3.57. The molecule has 1 aliphatic rings. The molecule has 0 spiro atoms. The second-order valence-electron chi connectivity index (χ2n) is 5.22. The molecule has 4 nitrogen and oxygen atoms in total. The lowest BCUT2D eigenvalue weighted by Gasteiger charge is -2.04. The van der Waals surface area contributed by atoms with Crippen LogP contribution in [0.5, 0.6) is 0 Å². The Balaban J connectivity index is 1.76. The van der Waals surface area contributed by atoms with Crippen LogP contribution in [0.3, 0.4) is 0 Å². The van der Waals surface area contributed by atoms with Crippen molar-refractivity contribution in [2.75, 3.05) is 6.61 Å². The van der Waals surface area contributed by atoms with Crippen molar-refractivity contribution in [3.05, 3.63) is 53.6 Å². The van der Waals surface area contributed by atoms with E-state index in [9.17, 15) is 8.42 Å². The number of aromatic nitrogens is 1. The maximum absolute atomic E-state index is 12.1. The van der Waals surface area contributed by atoms with Crippen molar-refractivity contribution in [1.82, 2.24) is 4.98 Å². The van der Waals surface area contributed by atoms with Crippen molar-refractivity contribution in [3.63, 3.8) is 0 Å². The SMILES string of the molecule is O=S(=O)(/C=C\C1CCCO1)Cc1cnc2ccccc2c1. The number of nitrogens with zero attached hydrogens (tertiary/aromatic N) is 1. The summed E-state index contributed by atoms with van der Waals surface area (Å²) in [5.41, 5.74) is 1.57. The van der Waals surface area contributed by atoms with Crippen molar-refractivity contribution in [3.8, 4) is 0 Å². The molecular formula is C16H17NO3S. The second kappa shape index (κ2) is 5.95. The highest BCUT2D eigenvalue weighted by atomic mass is 32.2. The van der Waals surface area contributed by atoms with Crippen LogP contribution in [0, 0.1) is 0 Å². The Morgan fingerprint density at radius 1 is 1.33 bits per heavy atom. The minimum Gasteiger partial charge on any atom is -0.374 e. The summed E-state index contributed by atoms with van der Waals surface area (Å²) in [5, 5.41) is 2.23. The molecule has 0 bridgehead atoms. The zero-order valence-electron chi connectivity index (χ0n) is 11.6. The Morgan fingerprint density at radius 3 is 3.00 bits per heavy atom. The van der Waals surface area contributed by atoms with Gasteiger partial charge in [-0.3, -0.25) is 4.98 Å². The monoisotopic (exact) mass is 303 g/mol. The largest absolute Gasteiger partial charge is 0.374 e. The first-order chi connectivity index (χ1) is 10.1. The normalized spacial score (nSPS) is 19.5. The van der Waals surface area contributed by atoms with E-state index >= 15 is 0 Å². The zero-order valence-corrected chi connectivity index (χ0v) is 12.4. The molecule has 0 radical (unpaired) electrons. The van der Waals surface area contributed by atoms with Crippen molar-refractivity contribution in [2.24, 2.45) is 0 Å². The third-order valence-corrected chi connectivity index (χ3v) is 4.79. The lowest BCUT2D eigenvalue weighted by atomic mass is 10.2. The molecule has 1 saturated heterocycles. The fraction of sp³-hybridized carbons (Fsp3) is 0.312. The van der Waals surface area contributed by atoms with Crippen LogP contribution < -0.4 is 0 Å². The van der Waals surface area contributed by atoms with E-state index < -0.39 is 9.84 Å². The summed E-state index contributed by atoms with van der Waals surface area (Å²) in [7, 11) is -3.29. The molecule has 1 aliphatic heterocycles. The van der Waals surface area contributed by atoms with E-state index in [1.54, 1.807) is 12.3 Å². The number of benzene rings is 1. The smallest absolute Gasteiger partial charge is 0.175 e. The maximum Gasteiger partial charge on any atom is 0.175 e. The zero-order chi connectivity index (χ0) is 14.7. The van der Waals surface area contributed by atoms with Gasteiger partial charge in [0.15, 0.2) is 9.84 Å². The molecule has 1 fully saturated rings. The highest BCUT2D eigenvalue weighted by Gasteiger charge is 2.14. The van der Waals surface area contributed by atoms with Crippen LogP contribution >= 0.6 is 0 Å². The van der Waals surface area contributed by atoms with E-state index in [4.69, 9.17) is 4.74 Å². The highest BCUT2D eigenvalue weighted by molar-refractivity contribution is 7.93. The van der Waals surface area contributed by atoms with Crippen molar-refractivity contribution in [1.29, 1.82) is 0 Å². The third kappa shape index (κ3) is 3.68. The number of ether oxygens (including phenoxy) is 1.